The first-order chi connectivity index (χ1) is 16.5. The number of hydrogen-bond acceptors (Lipinski definition) is 4. The molecule has 1 N–H and O–H groups in total. The molecule has 3 aromatic heterocycles. The molecule has 0 atom stereocenters. The molecule has 5 nitrogen and oxygen atoms in total. The molecule has 3 heterocycles. The van der Waals surface area contributed by atoms with Crippen LogP contribution in [0.15, 0.2) is 85.3 Å². The summed E-state index contributed by atoms with van der Waals surface area (Å²) in [6.45, 7) is 4.07. The molecule has 0 bridgehead atoms. The minimum atomic E-state index is 0.117. The first-order valence-electron chi connectivity index (χ1n) is 11.3. The minimum absolute atomic E-state index is 0.117. The highest BCUT2D eigenvalue weighted by molar-refractivity contribution is 5.98. The number of pyridine rings is 2. The Morgan fingerprint density at radius 1 is 0.971 bits per heavy atom. The molecule has 5 rings (SSSR count). The number of carbonyl (C=O) groups is 1. The smallest absolute Gasteiger partial charge is 0.167 e. The molecule has 0 aliphatic carbocycles. The van der Waals surface area contributed by atoms with Gasteiger partial charge in [-0.3, -0.25) is 9.78 Å². The molecule has 0 radical (unpaired) electrons. The van der Waals surface area contributed by atoms with E-state index in [1.54, 1.807) is 6.20 Å². The fraction of sp³-hybridized carbons (Fsp3) is 0.138. The molecule has 0 aliphatic heterocycles. The van der Waals surface area contributed by atoms with Gasteiger partial charge in [-0.15, -0.1) is 0 Å². The van der Waals surface area contributed by atoms with Crippen molar-refractivity contribution in [2.45, 2.75) is 20.3 Å². The van der Waals surface area contributed by atoms with E-state index in [0.29, 0.717) is 6.42 Å². The van der Waals surface area contributed by atoms with Gasteiger partial charge in [-0.1, -0.05) is 35.9 Å². The number of nitrogens with one attached hydrogen (secondary N) is 1. The Bertz CT molecular complexity index is 1500. The average molecular weight is 447 g/mol. The SMILES string of the molecule is Cc1cccc(C(=O)Cc2ccc(C)c(Nc3cc(-c4cccnc4)nc4c3ccn4C)c2)c1. The van der Waals surface area contributed by atoms with Gasteiger partial charge in [0, 0.05) is 54.3 Å². The van der Waals surface area contributed by atoms with Gasteiger partial charge in [0.25, 0.3) is 0 Å². The third kappa shape index (κ3) is 4.33. The van der Waals surface area contributed by atoms with Crippen LogP contribution in [0.25, 0.3) is 22.3 Å². The predicted octanol–water partition coefficient (Wildman–Crippen LogP) is 6.42. The topological polar surface area (TPSA) is 59.8 Å². The lowest BCUT2D eigenvalue weighted by molar-refractivity contribution is 0.0993. The van der Waals surface area contributed by atoms with Crippen molar-refractivity contribution in [3.63, 3.8) is 0 Å². The van der Waals surface area contributed by atoms with Gasteiger partial charge in [-0.25, -0.2) is 4.98 Å². The summed E-state index contributed by atoms with van der Waals surface area (Å²) in [6, 6.07) is 22.0. The van der Waals surface area contributed by atoms with Gasteiger partial charge in [-0.05, 0) is 61.4 Å². The van der Waals surface area contributed by atoms with Crippen molar-refractivity contribution in [1.82, 2.24) is 14.5 Å². The average Bonchev–Trinajstić information content (AvgIpc) is 3.22. The van der Waals surface area contributed by atoms with Crippen molar-refractivity contribution < 1.29 is 4.79 Å². The number of hydrogen-bond donors (Lipinski definition) is 1. The van der Waals surface area contributed by atoms with Crippen molar-refractivity contribution in [3.8, 4) is 11.3 Å². The van der Waals surface area contributed by atoms with Crippen molar-refractivity contribution in [2.75, 3.05) is 5.32 Å². The molecule has 0 saturated heterocycles. The molecule has 0 fully saturated rings. The predicted molar refractivity (Wildman–Crippen MR) is 138 cm³/mol. The number of Topliss-reactive ketones (excluding diaryl/α,β-unsaturated/α-hetero) is 1. The number of benzene rings is 2. The molecular formula is C29H26N4O. The van der Waals surface area contributed by atoms with Crippen molar-refractivity contribution >= 4 is 28.2 Å². The fourth-order valence-corrected chi connectivity index (χ4v) is 4.16. The summed E-state index contributed by atoms with van der Waals surface area (Å²) in [7, 11) is 1.99. The number of ketones is 1. The molecule has 34 heavy (non-hydrogen) atoms. The van der Waals surface area contributed by atoms with Crippen LogP contribution in [0.2, 0.25) is 0 Å². The summed E-state index contributed by atoms with van der Waals surface area (Å²) >= 11 is 0. The lowest BCUT2D eigenvalue weighted by Crippen LogP contribution is -2.05. The van der Waals surface area contributed by atoms with Gasteiger partial charge in [0.15, 0.2) is 5.78 Å². The molecule has 0 amide bonds. The first-order valence-corrected chi connectivity index (χ1v) is 11.3. The summed E-state index contributed by atoms with van der Waals surface area (Å²) in [4.78, 5) is 22.0. The normalized spacial score (nSPS) is 11.0. The van der Waals surface area contributed by atoms with Crippen LogP contribution in [-0.4, -0.2) is 20.3 Å². The number of carbonyl (C=O) groups excluding carboxylic acids is 1. The standard InChI is InChI=1S/C29H26N4O/c1-19-6-4-7-22(14-19)28(34)16-21-10-9-20(2)25(15-21)31-27-17-26(23-8-5-12-30-18-23)32-29-24(27)11-13-33(29)3/h4-15,17-18H,16H2,1-3H3,(H,31,32). The van der Waals surface area contributed by atoms with Gasteiger partial charge in [0.2, 0.25) is 0 Å². The van der Waals surface area contributed by atoms with Gasteiger partial charge in [0.05, 0.1) is 11.4 Å². The number of aromatic nitrogens is 3. The van der Waals surface area contributed by atoms with Crippen LogP contribution in [0.1, 0.15) is 27.0 Å². The van der Waals surface area contributed by atoms with Crippen LogP contribution in [0.5, 0.6) is 0 Å². The lowest BCUT2D eigenvalue weighted by atomic mass is 10.00. The number of rotatable bonds is 6. The molecule has 0 saturated carbocycles. The summed E-state index contributed by atoms with van der Waals surface area (Å²) < 4.78 is 2.02. The van der Waals surface area contributed by atoms with E-state index in [1.165, 1.54) is 0 Å². The van der Waals surface area contributed by atoms with E-state index in [1.807, 2.05) is 73.4 Å². The molecule has 5 aromatic rings. The number of anilines is 2. The van der Waals surface area contributed by atoms with Crippen molar-refractivity contribution in [2.24, 2.45) is 7.05 Å². The monoisotopic (exact) mass is 446 g/mol. The lowest BCUT2D eigenvalue weighted by Gasteiger charge is -2.14. The Balaban J connectivity index is 1.50. The molecule has 0 unspecified atom stereocenters. The maximum atomic E-state index is 12.9. The van der Waals surface area contributed by atoms with E-state index in [4.69, 9.17) is 4.98 Å². The number of fused-ring (bicyclic) bond motifs is 1. The van der Waals surface area contributed by atoms with Gasteiger partial charge >= 0.3 is 0 Å². The maximum absolute atomic E-state index is 12.9. The van der Waals surface area contributed by atoms with Crippen molar-refractivity contribution in [3.05, 3.63) is 108 Å². The van der Waals surface area contributed by atoms with Gasteiger partial charge < -0.3 is 9.88 Å². The fourth-order valence-electron chi connectivity index (χ4n) is 4.16. The molecule has 0 spiro atoms. The summed E-state index contributed by atoms with van der Waals surface area (Å²) in [5.74, 6) is 0.117. The third-order valence-electron chi connectivity index (χ3n) is 6.07. The van der Waals surface area contributed by atoms with Gasteiger partial charge in [-0.2, -0.15) is 0 Å². The van der Waals surface area contributed by atoms with E-state index in [0.717, 1.165) is 55.9 Å². The highest BCUT2D eigenvalue weighted by atomic mass is 16.1. The van der Waals surface area contributed by atoms with Crippen LogP contribution in [0.4, 0.5) is 11.4 Å². The quantitative estimate of drug-likeness (QED) is 0.306. The van der Waals surface area contributed by atoms with Crippen LogP contribution < -0.4 is 5.32 Å². The molecule has 5 heteroatoms. The molecular weight excluding hydrogens is 420 g/mol. The second-order valence-electron chi connectivity index (χ2n) is 8.70. The maximum Gasteiger partial charge on any atom is 0.167 e. The Labute approximate surface area is 199 Å². The number of nitrogens with zero attached hydrogens (tertiary/aromatic N) is 3. The Morgan fingerprint density at radius 3 is 2.65 bits per heavy atom. The van der Waals surface area contributed by atoms with E-state index in [9.17, 15) is 4.79 Å². The largest absolute Gasteiger partial charge is 0.355 e. The summed E-state index contributed by atoms with van der Waals surface area (Å²) in [5.41, 5.74) is 8.57. The Kier molecular flexibility index (Phi) is 5.68. The van der Waals surface area contributed by atoms with Gasteiger partial charge in [0.1, 0.15) is 5.65 Å². The van der Waals surface area contributed by atoms with E-state index < -0.39 is 0 Å². The second-order valence-corrected chi connectivity index (χ2v) is 8.70. The zero-order valence-corrected chi connectivity index (χ0v) is 19.5. The number of aryl methyl sites for hydroxylation is 3. The highest BCUT2D eigenvalue weighted by Crippen LogP contribution is 2.32. The summed E-state index contributed by atoms with van der Waals surface area (Å²) in [5, 5.41) is 4.65. The summed E-state index contributed by atoms with van der Waals surface area (Å²) in [6.07, 6.45) is 5.95. The zero-order valence-electron chi connectivity index (χ0n) is 19.5. The molecule has 0 aliphatic rings. The second kappa shape index (κ2) is 8.94. The van der Waals surface area contributed by atoms with E-state index >= 15 is 0 Å². The zero-order chi connectivity index (χ0) is 23.7. The van der Waals surface area contributed by atoms with E-state index in [2.05, 4.69) is 41.5 Å². The minimum Gasteiger partial charge on any atom is -0.355 e. The molecule has 168 valence electrons. The first kappa shape index (κ1) is 21.6. The van der Waals surface area contributed by atoms with Crippen LogP contribution in [-0.2, 0) is 13.5 Å². The Morgan fingerprint density at radius 2 is 1.85 bits per heavy atom. The van der Waals surface area contributed by atoms with E-state index in [-0.39, 0.29) is 5.78 Å². The van der Waals surface area contributed by atoms with Crippen LogP contribution >= 0.6 is 0 Å². The Hall–Kier alpha value is -4.25. The third-order valence-corrected chi connectivity index (χ3v) is 6.07. The highest BCUT2D eigenvalue weighted by Gasteiger charge is 2.13. The van der Waals surface area contributed by atoms with Crippen LogP contribution in [0, 0.1) is 13.8 Å². The molecule has 2 aromatic carbocycles. The van der Waals surface area contributed by atoms with Crippen molar-refractivity contribution in [1.29, 1.82) is 0 Å². The van der Waals surface area contributed by atoms with Crippen LogP contribution in [0.3, 0.4) is 0 Å².